The van der Waals surface area contributed by atoms with Crippen molar-refractivity contribution in [1.29, 1.82) is 0 Å². The zero-order valence-electron chi connectivity index (χ0n) is 12.9. The van der Waals surface area contributed by atoms with Gasteiger partial charge in [-0.15, -0.1) is 11.3 Å². The van der Waals surface area contributed by atoms with Crippen LogP contribution in [0.2, 0.25) is 0 Å². The topological polar surface area (TPSA) is 72.0 Å². The van der Waals surface area contributed by atoms with Crippen molar-refractivity contribution >= 4 is 27.3 Å². The zero-order chi connectivity index (χ0) is 16.4. The number of ether oxygens (including phenoxy) is 1. The Morgan fingerprint density at radius 2 is 2.04 bits per heavy atom. The van der Waals surface area contributed by atoms with Crippen LogP contribution >= 0.6 is 11.3 Å². The number of hydrogen-bond donors (Lipinski definition) is 1. The number of aryl methyl sites for hydroxylation is 1. The molecule has 0 saturated carbocycles. The Morgan fingerprint density at radius 3 is 2.70 bits per heavy atom. The van der Waals surface area contributed by atoms with E-state index in [0.29, 0.717) is 27.4 Å². The Bertz CT molecular complexity index is 910. The molecular weight excluding hydrogens is 312 g/mol. The molecule has 0 unspecified atom stereocenters. The average molecular weight is 328 g/mol. The van der Waals surface area contributed by atoms with E-state index in [-0.39, 0.29) is 17.8 Å². The van der Waals surface area contributed by atoms with Gasteiger partial charge in [0.1, 0.15) is 16.4 Å². The number of thiophene rings is 1. The molecule has 0 aliphatic rings. The highest BCUT2D eigenvalue weighted by Gasteiger charge is 2.12. The van der Waals surface area contributed by atoms with Crippen molar-refractivity contribution in [2.24, 2.45) is 0 Å². The van der Waals surface area contributed by atoms with Crippen LogP contribution in [0.5, 0.6) is 5.75 Å². The Morgan fingerprint density at radius 1 is 1.30 bits per heavy atom. The molecule has 0 aliphatic heterocycles. The van der Waals surface area contributed by atoms with Crippen LogP contribution < -0.4 is 10.3 Å². The van der Waals surface area contributed by atoms with Crippen LogP contribution in [0, 0.1) is 0 Å². The fourth-order valence-corrected chi connectivity index (χ4v) is 3.30. The van der Waals surface area contributed by atoms with Gasteiger partial charge >= 0.3 is 0 Å². The van der Waals surface area contributed by atoms with Gasteiger partial charge in [0.15, 0.2) is 5.78 Å². The molecule has 23 heavy (non-hydrogen) atoms. The van der Waals surface area contributed by atoms with E-state index in [1.807, 2.05) is 13.0 Å². The molecule has 0 atom stereocenters. The Balaban J connectivity index is 1.88. The third-order valence-electron chi connectivity index (χ3n) is 3.59. The Hall–Kier alpha value is -2.47. The van der Waals surface area contributed by atoms with Crippen LogP contribution in [-0.2, 0) is 12.8 Å². The first-order chi connectivity index (χ1) is 11.1. The van der Waals surface area contributed by atoms with E-state index in [0.717, 1.165) is 11.3 Å². The largest absolute Gasteiger partial charge is 0.497 e. The highest BCUT2D eigenvalue weighted by Crippen LogP contribution is 2.21. The summed E-state index contributed by atoms with van der Waals surface area (Å²) in [6, 6.07) is 8.75. The average Bonchev–Trinajstić information content (AvgIpc) is 2.98. The summed E-state index contributed by atoms with van der Waals surface area (Å²) < 4.78 is 5.07. The molecule has 3 aromatic rings. The highest BCUT2D eigenvalue weighted by atomic mass is 32.1. The summed E-state index contributed by atoms with van der Waals surface area (Å²) in [7, 11) is 1.58. The minimum atomic E-state index is -0.191. The van der Waals surface area contributed by atoms with Gasteiger partial charge in [-0.25, -0.2) is 4.98 Å². The first kappa shape index (κ1) is 15.4. The second-order valence-corrected chi connectivity index (χ2v) is 6.24. The van der Waals surface area contributed by atoms with Crippen molar-refractivity contribution in [3.05, 3.63) is 57.0 Å². The van der Waals surface area contributed by atoms with Crippen LogP contribution in [0.4, 0.5) is 0 Å². The molecule has 1 aromatic carbocycles. The molecule has 0 fully saturated rings. The number of hydrogen-bond acceptors (Lipinski definition) is 5. The number of ketones is 1. The van der Waals surface area contributed by atoms with Gasteiger partial charge in [0, 0.05) is 10.4 Å². The summed E-state index contributed by atoms with van der Waals surface area (Å²) in [6.45, 7) is 2.03. The molecule has 0 aliphatic carbocycles. The van der Waals surface area contributed by atoms with Gasteiger partial charge in [0.2, 0.25) is 0 Å². The monoisotopic (exact) mass is 328 g/mol. The van der Waals surface area contributed by atoms with Crippen molar-refractivity contribution in [3.8, 4) is 5.75 Å². The van der Waals surface area contributed by atoms with Crippen molar-refractivity contribution < 1.29 is 9.53 Å². The summed E-state index contributed by atoms with van der Waals surface area (Å²) in [5, 5.41) is 0.590. The van der Waals surface area contributed by atoms with E-state index < -0.39 is 0 Å². The third-order valence-corrected chi connectivity index (χ3v) is 4.76. The van der Waals surface area contributed by atoms with Crippen molar-refractivity contribution in [2.75, 3.05) is 7.11 Å². The van der Waals surface area contributed by atoms with Gasteiger partial charge in [-0.2, -0.15) is 0 Å². The number of H-pyrrole nitrogens is 1. The number of aromatic nitrogens is 2. The molecule has 118 valence electrons. The first-order valence-corrected chi connectivity index (χ1v) is 8.11. The van der Waals surface area contributed by atoms with Gasteiger partial charge in [0.05, 0.1) is 18.9 Å². The summed E-state index contributed by atoms with van der Waals surface area (Å²) >= 11 is 1.49. The van der Waals surface area contributed by atoms with E-state index in [9.17, 15) is 9.59 Å². The number of nitrogens with zero attached hydrogens (tertiary/aromatic N) is 1. The molecule has 2 aromatic heterocycles. The normalized spacial score (nSPS) is 10.9. The molecule has 0 spiro atoms. The smallest absolute Gasteiger partial charge is 0.259 e. The highest BCUT2D eigenvalue weighted by molar-refractivity contribution is 7.18. The SMILES string of the molecule is CCc1cc2c(=O)[nH]c(CC(=O)c3ccc(OC)cc3)nc2s1. The molecule has 1 N–H and O–H groups in total. The van der Waals surface area contributed by atoms with E-state index in [1.54, 1.807) is 31.4 Å². The van der Waals surface area contributed by atoms with E-state index >= 15 is 0 Å². The van der Waals surface area contributed by atoms with Crippen LogP contribution in [-0.4, -0.2) is 22.9 Å². The number of aromatic amines is 1. The maximum atomic E-state index is 12.3. The van der Waals surface area contributed by atoms with E-state index in [1.165, 1.54) is 11.3 Å². The van der Waals surface area contributed by atoms with Gasteiger partial charge < -0.3 is 9.72 Å². The van der Waals surface area contributed by atoms with Crippen LogP contribution in [0.15, 0.2) is 35.1 Å². The van der Waals surface area contributed by atoms with Gasteiger partial charge in [0.25, 0.3) is 5.56 Å². The predicted molar refractivity (Wildman–Crippen MR) is 90.6 cm³/mol. The molecule has 0 bridgehead atoms. The van der Waals surface area contributed by atoms with Crippen molar-refractivity contribution in [3.63, 3.8) is 0 Å². The number of carbonyl (C=O) groups is 1. The lowest BCUT2D eigenvalue weighted by Gasteiger charge is -2.03. The van der Waals surface area contributed by atoms with Crippen LogP contribution in [0.1, 0.15) is 28.0 Å². The standard InChI is InChI=1S/C17H16N2O3S/c1-3-12-8-13-16(21)18-15(19-17(13)23-12)9-14(20)10-4-6-11(22-2)7-5-10/h4-8H,3,9H2,1-2H3,(H,18,19,21). The molecule has 2 heterocycles. The molecule has 5 nitrogen and oxygen atoms in total. The predicted octanol–water partition coefficient (Wildman–Crippen LogP) is 2.98. The van der Waals surface area contributed by atoms with Gasteiger partial charge in [-0.3, -0.25) is 9.59 Å². The van der Waals surface area contributed by atoms with E-state index in [4.69, 9.17) is 4.74 Å². The second-order valence-electron chi connectivity index (χ2n) is 5.13. The number of methoxy groups -OCH3 is 1. The lowest BCUT2D eigenvalue weighted by molar-refractivity contribution is 0.0991. The Labute approximate surface area is 137 Å². The number of benzene rings is 1. The minimum absolute atomic E-state index is 0.0663. The lowest BCUT2D eigenvalue weighted by atomic mass is 10.1. The summed E-state index contributed by atoms with van der Waals surface area (Å²) in [5.41, 5.74) is 0.373. The first-order valence-electron chi connectivity index (χ1n) is 7.29. The number of Topliss-reactive ketones (excluding diaryl/α,β-unsaturated/α-hetero) is 1. The lowest BCUT2D eigenvalue weighted by Crippen LogP contribution is -2.14. The molecule has 0 amide bonds. The van der Waals surface area contributed by atoms with E-state index in [2.05, 4.69) is 9.97 Å². The fraction of sp³-hybridized carbons (Fsp3) is 0.235. The molecular formula is C17H16N2O3S. The second kappa shape index (κ2) is 6.34. The molecule has 3 rings (SSSR count). The van der Waals surface area contributed by atoms with Gasteiger partial charge in [-0.05, 0) is 36.8 Å². The maximum absolute atomic E-state index is 12.3. The molecule has 6 heteroatoms. The third kappa shape index (κ3) is 3.17. The number of fused-ring (bicyclic) bond motifs is 1. The number of rotatable bonds is 5. The Kier molecular flexibility index (Phi) is 4.25. The minimum Gasteiger partial charge on any atom is -0.497 e. The van der Waals surface area contributed by atoms with Crippen LogP contribution in [0.3, 0.4) is 0 Å². The zero-order valence-corrected chi connectivity index (χ0v) is 13.7. The fourth-order valence-electron chi connectivity index (χ4n) is 2.31. The van der Waals surface area contributed by atoms with Crippen molar-refractivity contribution in [2.45, 2.75) is 19.8 Å². The molecule has 0 radical (unpaired) electrons. The van der Waals surface area contributed by atoms with Crippen LogP contribution in [0.25, 0.3) is 10.2 Å². The van der Waals surface area contributed by atoms with Gasteiger partial charge in [-0.1, -0.05) is 6.92 Å². The number of carbonyl (C=O) groups excluding carboxylic acids is 1. The summed E-state index contributed by atoms with van der Waals surface area (Å²) in [5.74, 6) is 0.996. The quantitative estimate of drug-likeness (QED) is 0.731. The number of nitrogens with one attached hydrogen (secondary N) is 1. The van der Waals surface area contributed by atoms with Crippen molar-refractivity contribution in [1.82, 2.24) is 9.97 Å². The summed E-state index contributed by atoms with van der Waals surface area (Å²) in [4.78, 5) is 33.4. The maximum Gasteiger partial charge on any atom is 0.259 e. The molecule has 0 saturated heterocycles. The summed E-state index contributed by atoms with van der Waals surface area (Å²) in [6.07, 6.45) is 0.928.